The molecule has 1 aromatic rings. The van der Waals surface area contributed by atoms with Crippen molar-refractivity contribution in [3.63, 3.8) is 0 Å². The zero-order valence-electron chi connectivity index (χ0n) is 11.9. The molecule has 1 saturated heterocycles. The van der Waals surface area contributed by atoms with Crippen molar-refractivity contribution >= 4 is 27.3 Å². The average molecular weight is 346 g/mol. The van der Waals surface area contributed by atoms with Crippen molar-refractivity contribution < 1.29 is 4.74 Å². The maximum atomic E-state index is 5.70. The van der Waals surface area contributed by atoms with Crippen LogP contribution >= 0.6 is 27.3 Å². The molecule has 2 nitrogen and oxygen atoms in total. The van der Waals surface area contributed by atoms with Gasteiger partial charge in [-0.25, -0.2) is 0 Å². The molecule has 4 heteroatoms. The van der Waals surface area contributed by atoms with Gasteiger partial charge in [-0.3, -0.25) is 0 Å². The van der Waals surface area contributed by atoms with E-state index in [9.17, 15) is 0 Å². The first-order chi connectivity index (χ1) is 9.20. The monoisotopic (exact) mass is 345 g/mol. The van der Waals surface area contributed by atoms with Crippen LogP contribution in [0.3, 0.4) is 0 Å². The number of hydrogen-bond acceptors (Lipinski definition) is 3. The fourth-order valence-corrected chi connectivity index (χ4v) is 4.35. The van der Waals surface area contributed by atoms with Crippen molar-refractivity contribution in [3.8, 4) is 0 Å². The second kappa shape index (κ2) is 7.77. The van der Waals surface area contributed by atoms with Crippen molar-refractivity contribution in [2.24, 2.45) is 0 Å². The summed E-state index contributed by atoms with van der Waals surface area (Å²) in [6.07, 6.45) is 6.71. The van der Waals surface area contributed by atoms with E-state index in [-0.39, 0.29) is 0 Å². The molecule has 1 N–H and O–H groups in total. The van der Waals surface area contributed by atoms with Gasteiger partial charge in [0.2, 0.25) is 0 Å². The quantitative estimate of drug-likeness (QED) is 0.764. The predicted octanol–water partition coefficient (Wildman–Crippen LogP) is 4.82. The van der Waals surface area contributed by atoms with Gasteiger partial charge in [-0.1, -0.05) is 6.92 Å². The zero-order chi connectivity index (χ0) is 13.7. The van der Waals surface area contributed by atoms with Crippen LogP contribution in [-0.4, -0.2) is 19.3 Å². The van der Waals surface area contributed by atoms with Crippen LogP contribution < -0.4 is 5.32 Å². The summed E-state index contributed by atoms with van der Waals surface area (Å²) in [6, 6.07) is 2.81. The largest absolute Gasteiger partial charge is 0.378 e. The lowest BCUT2D eigenvalue weighted by Crippen LogP contribution is -2.20. The smallest absolute Gasteiger partial charge is 0.0731 e. The molecule has 0 aliphatic carbocycles. The molecule has 19 heavy (non-hydrogen) atoms. The van der Waals surface area contributed by atoms with E-state index in [1.165, 1.54) is 46.3 Å². The van der Waals surface area contributed by atoms with Gasteiger partial charge in [-0.2, -0.15) is 0 Å². The number of nitrogens with one attached hydrogen (secondary N) is 1. The summed E-state index contributed by atoms with van der Waals surface area (Å²) in [5, 5.41) is 3.61. The van der Waals surface area contributed by atoms with E-state index < -0.39 is 0 Å². The second-order valence-corrected chi connectivity index (χ2v) is 7.68. The van der Waals surface area contributed by atoms with Crippen LogP contribution in [-0.2, 0) is 4.74 Å². The summed E-state index contributed by atoms with van der Waals surface area (Å²) in [6.45, 7) is 6.35. The molecule has 1 aliphatic heterocycles. The highest BCUT2D eigenvalue weighted by Crippen LogP contribution is 2.33. The summed E-state index contributed by atoms with van der Waals surface area (Å²) >= 11 is 5.50. The fourth-order valence-electron chi connectivity index (χ4n) is 2.67. The van der Waals surface area contributed by atoms with Crippen LogP contribution in [0.25, 0.3) is 0 Å². The Morgan fingerprint density at radius 1 is 1.58 bits per heavy atom. The molecule has 0 radical (unpaired) electrons. The molecule has 2 rings (SSSR count). The van der Waals surface area contributed by atoms with Gasteiger partial charge in [0.05, 0.1) is 9.89 Å². The van der Waals surface area contributed by atoms with Gasteiger partial charge in [0.25, 0.3) is 0 Å². The van der Waals surface area contributed by atoms with Crippen LogP contribution in [0.15, 0.2) is 9.85 Å². The Kier molecular flexibility index (Phi) is 6.33. The Labute approximate surface area is 129 Å². The fraction of sp³-hybridized carbons (Fsp3) is 0.733. The third-order valence-corrected chi connectivity index (χ3v) is 5.96. The molecule has 2 heterocycles. The van der Waals surface area contributed by atoms with E-state index >= 15 is 0 Å². The van der Waals surface area contributed by atoms with Gasteiger partial charge in [0, 0.05) is 17.5 Å². The maximum Gasteiger partial charge on any atom is 0.0731 e. The molecule has 0 saturated carbocycles. The van der Waals surface area contributed by atoms with E-state index in [0.29, 0.717) is 12.1 Å². The number of rotatable bonds is 7. The van der Waals surface area contributed by atoms with E-state index in [1.54, 1.807) is 0 Å². The van der Waals surface area contributed by atoms with Crippen LogP contribution in [0, 0.1) is 6.92 Å². The SMILES string of the molecule is CCNC(CCCC1CCCO1)c1cc(C)c(Br)s1. The molecular formula is C15H24BrNOS. The highest BCUT2D eigenvalue weighted by atomic mass is 79.9. The van der Waals surface area contributed by atoms with Gasteiger partial charge in [-0.15, -0.1) is 11.3 Å². The predicted molar refractivity (Wildman–Crippen MR) is 86.0 cm³/mol. The lowest BCUT2D eigenvalue weighted by molar-refractivity contribution is 0.101. The number of thiophene rings is 1. The van der Waals surface area contributed by atoms with Crippen molar-refractivity contribution in [3.05, 3.63) is 20.3 Å². The molecular weight excluding hydrogens is 322 g/mol. The summed E-state index contributed by atoms with van der Waals surface area (Å²) in [7, 11) is 0. The molecule has 108 valence electrons. The van der Waals surface area contributed by atoms with Gasteiger partial charge in [0.15, 0.2) is 0 Å². The topological polar surface area (TPSA) is 21.3 Å². The summed E-state index contributed by atoms with van der Waals surface area (Å²) in [5.74, 6) is 0. The van der Waals surface area contributed by atoms with Crippen LogP contribution in [0.2, 0.25) is 0 Å². The van der Waals surface area contributed by atoms with Crippen LogP contribution in [0.4, 0.5) is 0 Å². The summed E-state index contributed by atoms with van der Waals surface area (Å²) < 4.78 is 6.97. The number of aryl methyl sites for hydroxylation is 1. The highest BCUT2D eigenvalue weighted by molar-refractivity contribution is 9.11. The lowest BCUT2D eigenvalue weighted by atomic mass is 10.0. The first-order valence-electron chi connectivity index (χ1n) is 7.31. The van der Waals surface area contributed by atoms with Gasteiger partial charge < -0.3 is 10.1 Å². The summed E-state index contributed by atoms with van der Waals surface area (Å²) in [5.41, 5.74) is 1.35. The van der Waals surface area contributed by atoms with Crippen molar-refractivity contribution in [1.82, 2.24) is 5.32 Å². The molecule has 1 aromatic heterocycles. The first-order valence-corrected chi connectivity index (χ1v) is 8.92. The van der Waals surface area contributed by atoms with Crippen LogP contribution in [0.5, 0.6) is 0 Å². The van der Waals surface area contributed by atoms with Crippen LogP contribution in [0.1, 0.15) is 55.5 Å². The Balaban J connectivity index is 1.84. The molecule has 1 fully saturated rings. The van der Waals surface area contributed by atoms with Gasteiger partial charge in [0.1, 0.15) is 0 Å². The van der Waals surface area contributed by atoms with E-state index in [1.807, 2.05) is 11.3 Å². The molecule has 0 spiro atoms. The van der Waals surface area contributed by atoms with Crippen molar-refractivity contribution in [2.45, 2.75) is 58.1 Å². The van der Waals surface area contributed by atoms with Crippen molar-refractivity contribution in [2.75, 3.05) is 13.2 Å². The Bertz CT molecular complexity index is 368. The summed E-state index contributed by atoms with van der Waals surface area (Å²) in [4.78, 5) is 1.46. The minimum Gasteiger partial charge on any atom is -0.378 e. The average Bonchev–Trinajstić information content (AvgIpc) is 3.00. The first kappa shape index (κ1) is 15.5. The van der Waals surface area contributed by atoms with Gasteiger partial charge in [-0.05, 0) is 73.1 Å². The van der Waals surface area contributed by atoms with E-state index in [4.69, 9.17) is 4.74 Å². The molecule has 0 bridgehead atoms. The molecule has 1 aliphatic rings. The normalized spacial score (nSPS) is 20.9. The molecule has 2 atom stereocenters. The third kappa shape index (κ3) is 4.55. The highest BCUT2D eigenvalue weighted by Gasteiger charge is 2.18. The lowest BCUT2D eigenvalue weighted by Gasteiger charge is -2.17. The second-order valence-electron chi connectivity index (χ2n) is 5.28. The standard InChI is InChI=1S/C15H24BrNOS/c1-3-17-13(14-10-11(2)15(16)19-14)8-4-6-12-7-5-9-18-12/h10,12-13,17H,3-9H2,1-2H3. The van der Waals surface area contributed by atoms with Crippen molar-refractivity contribution in [1.29, 1.82) is 0 Å². The van der Waals surface area contributed by atoms with E-state index in [0.717, 1.165) is 13.2 Å². The maximum absolute atomic E-state index is 5.70. The Morgan fingerprint density at radius 2 is 2.42 bits per heavy atom. The Morgan fingerprint density at radius 3 is 3.00 bits per heavy atom. The molecule has 0 amide bonds. The van der Waals surface area contributed by atoms with Gasteiger partial charge >= 0.3 is 0 Å². The number of hydrogen-bond donors (Lipinski definition) is 1. The Hall–Kier alpha value is 0.1000. The third-order valence-electron chi connectivity index (χ3n) is 3.71. The number of ether oxygens (including phenoxy) is 1. The zero-order valence-corrected chi connectivity index (χ0v) is 14.3. The molecule has 0 aromatic carbocycles. The minimum atomic E-state index is 0.501. The minimum absolute atomic E-state index is 0.501. The number of halogens is 1. The molecule has 2 unspecified atom stereocenters. The van der Waals surface area contributed by atoms with E-state index in [2.05, 4.69) is 41.2 Å².